The first-order chi connectivity index (χ1) is 20.3. The number of rotatable bonds is 10. The Balaban J connectivity index is 1.62. The normalized spacial score (nSPS) is 11.5. The van der Waals surface area contributed by atoms with Crippen molar-refractivity contribution in [3.8, 4) is 11.4 Å². The Hall–Kier alpha value is -4.97. The zero-order valence-electron chi connectivity index (χ0n) is 24.8. The molecule has 0 spiro atoms. The van der Waals surface area contributed by atoms with E-state index in [1.54, 1.807) is 12.1 Å². The minimum atomic E-state index is -4.39. The molecule has 4 aromatic rings. The van der Waals surface area contributed by atoms with Crippen LogP contribution in [0.5, 0.6) is 5.75 Å². The maximum absolute atomic E-state index is 13.7. The second kappa shape index (κ2) is 12.5. The number of aryl methyl sites for hydroxylation is 4. The second-order valence-electron chi connectivity index (χ2n) is 10.1. The van der Waals surface area contributed by atoms with Crippen LogP contribution in [0.15, 0.2) is 76.7 Å². The van der Waals surface area contributed by atoms with Crippen LogP contribution in [0.2, 0.25) is 0 Å². The summed E-state index contributed by atoms with van der Waals surface area (Å²) in [6.07, 6.45) is 1.51. The molecule has 0 unspecified atom stereocenters. The van der Waals surface area contributed by atoms with Crippen LogP contribution in [0.1, 0.15) is 33.6 Å². The number of carbonyl (C=O) groups excluding carboxylic acids is 1. The Bertz CT molecular complexity index is 1810. The summed E-state index contributed by atoms with van der Waals surface area (Å²) in [5.41, 5.74) is 8.58. The molecule has 1 heterocycles. The van der Waals surface area contributed by atoms with E-state index in [-0.39, 0.29) is 16.3 Å². The van der Waals surface area contributed by atoms with Gasteiger partial charge in [0.1, 0.15) is 12.3 Å². The molecular weight excluding hydrogens is 570 g/mol. The topological polar surface area (TPSA) is 136 Å². The van der Waals surface area contributed by atoms with Crippen molar-refractivity contribution < 1.29 is 22.9 Å². The van der Waals surface area contributed by atoms with Crippen LogP contribution in [-0.4, -0.2) is 43.7 Å². The molecule has 1 aromatic heterocycles. The smallest absolute Gasteiger partial charge is 0.273 e. The number of hydrogen-bond donors (Lipinski definition) is 1. The van der Waals surface area contributed by atoms with Crippen molar-refractivity contribution in [1.29, 1.82) is 0 Å². The number of hydrogen-bond acceptors (Lipinski definition) is 7. The van der Waals surface area contributed by atoms with Crippen LogP contribution < -0.4 is 14.5 Å². The summed E-state index contributed by atoms with van der Waals surface area (Å²) in [7, 11) is -2.92. The number of ether oxygens (including phenoxy) is 1. The number of benzene rings is 3. The molecule has 43 heavy (non-hydrogen) atoms. The number of sulfonamides is 1. The third kappa shape index (κ3) is 6.44. The highest BCUT2D eigenvalue weighted by Crippen LogP contribution is 2.29. The largest absolute Gasteiger partial charge is 0.497 e. The van der Waals surface area contributed by atoms with Crippen LogP contribution in [0.4, 0.5) is 11.4 Å². The Morgan fingerprint density at radius 2 is 1.65 bits per heavy atom. The van der Waals surface area contributed by atoms with Gasteiger partial charge in [0.25, 0.3) is 21.6 Å². The first-order valence-electron chi connectivity index (χ1n) is 13.3. The first-order valence-corrected chi connectivity index (χ1v) is 14.8. The van der Waals surface area contributed by atoms with E-state index in [4.69, 9.17) is 4.74 Å². The molecule has 1 N–H and O–H groups in total. The van der Waals surface area contributed by atoms with Gasteiger partial charge in [-0.3, -0.25) is 19.2 Å². The molecule has 0 saturated carbocycles. The van der Waals surface area contributed by atoms with Gasteiger partial charge < -0.3 is 9.30 Å². The molecule has 0 atom stereocenters. The zero-order chi connectivity index (χ0) is 31.5. The van der Waals surface area contributed by atoms with Crippen LogP contribution in [0.25, 0.3) is 5.69 Å². The van der Waals surface area contributed by atoms with Gasteiger partial charge in [-0.1, -0.05) is 24.3 Å². The van der Waals surface area contributed by atoms with Gasteiger partial charge in [-0.25, -0.2) is 13.8 Å². The minimum Gasteiger partial charge on any atom is -0.497 e. The van der Waals surface area contributed by atoms with Gasteiger partial charge in [0.2, 0.25) is 0 Å². The van der Waals surface area contributed by atoms with E-state index in [0.29, 0.717) is 11.3 Å². The summed E-state index contributed by atoms with van der Waals surface area (Å²) in [5.74, 6) is -0.222. The molecule has 0 radical (unpaired) electrons. The van der Waals surface area contributed by atoms with Crippen molar-refractivity contribution in [1.82, 2.24) is 9.99 Å². The average Bonchev–Trinajstić information content (AvgIpc) is 3.24. The molecule has 3 aromatic carbocycles. The van der Waals surface area contributed by atoms with E-state index in [0.717, 1.165) is 44.1 Å². The number of nitrogens with one attached hydrogen (secondary N) is 1. The summed E-state index contributed by atoms with van der Waals surface area (Å²) in [4.78, 5) is 23.6. The predicted octanol–water partition coefficient (Wildman–Crippen LogP) is 5.28. The Labute approximate surface area is 250 Å². The summed E-state index contributed by atoms with van der Waals surface area (Å²) in [5, 5.41) is 15.6. The van der Waals surface area contributed by atoms with E-state index in [2.05, 4.69) is 15.1 Å². The van der Waals surface area contributed by atoms with Crippen molar-refractivity contribution in [3.05, 3.63) is 110 Å². The number of hydrazone groups is 1. The number of nitrogens with zero attached hydrogens (tertiary/aromatic N) is 4. The number of nitro benzene ring substituents is 1. The highest BCUT2D eigenvalue weighted by atomic mass is 32.2. The SMILES string of the molecule is COc1ccc(N(CC(=O)N/N=C\c2cc(C)n(-c3c(C)cccc3C)c2C)S(=O)(=O)c2ccc(C)c([N+](=O)[O-])c2)cc1. The van der Waals surface area contributed by atoms with Gasteiger partial charge in [-0.15, -0.1) is 0 Å². The van der Waals surface area contributed by atoms with Crippen LogP contribution in [-0.2, 0) is 14.8 Å². The number of nitro groups is 1. The van der Waals surface area contributed by atoms with Crippen molar-refractivity contribution in [3.63, 3.8) is 0 Å². The maximum Gasteiger partial charge on any atom is 0.273 e. The van der Waals surface area contributed by atoms with Crippen molar-refractivity contribution in [2.75, 3.05) is 18.0 Å². The molecule has 1 amide bonds. The number of amides is 1. The molecule has 11 nitrogen and oxygen atoms in total. The maximum atomic E-state index is 13.7. The van der Waals surface area contributed by atoms with E-state index >= 15 is 0 Å². The summed E-state index contributed by atoms with van der Waals surface area (Å²) < 4.78 is 35.6. The number of carbonyl (C=O) groups is 1. The Kier molecular flexibility index (Phi) is 9.00. The van der Waals surface area contributed by atoms with Crippen molar-refractivity contribution in [2.45, 2.75) is 39.5 Å². The molecule has 0 aliphatic heterocycles. The third-order valence-corrected chi connectivity index (χ3v) is 8.91. The lowest BCUT2D eigenvalue weighted by molar-refractivity contribution is -0.385. The van der Waals surface area contributed by atoms with Gasteiger partial charge >= 0.3 is 0 Å². The van der Waals surface area contributed by atoms with Gasteiger partial charge in [0, 0.05) is 28.6 Å². The number of aromatic nitrogens is 1. The van der Waals surface area contributed by atoms with Crippen molar-refractivity contribution >= 4 is 33.5 Å². The Morgan fingerprint density at radius 3 is 2.26 bits per heavy atom. The van der Waals surface area contributed by atoms with E-state index in [9.17, 15) is 23.3 Å². The molecule has 4 rings (SSSR count). The van der Waals surface area contributed by atoms with E-state index in [1.807, 2.05) is 52.0 Å². The molecule has 0 fully saturated rings. The average molecular weight is 604 g/mol. The lowest BCUT2D eigenvalue weighted by Crippen LogP contribution is -2.39. The second-order valence-corrected chi connectivity index (χ2v) is 12.0. The fourth-order valence-corrected chi connectivity index (χ4v) is 6.34. The highest BCUT2D eigenvalue weighted by molar-refractivity contribution is 7.92. The first kappa shape index (κ1) is 31.0. The summed E-state index contributed by atoms with van der Waals surface area (Å²) in [6, 6.07) is 17.8. The summed E-state index contributed by atoms with van der Waals surface area (Å²) >= 11 is 0. The third-order valence-electron chi connectivity index (χ3n) is 7.14. The molecule has 0 aliphatic carbocycles. The number of para-hydroxylation sites is 1. The number of methoxy groups -OCH3 is 1. The molecule has 0 aliphatic rings. The van der Waals surface area contributed by atoms with Gasteiger partial charge in [0.15, 0.2) is 0 Å². The van der Waals surface area contributed by atoms with Crippen molar-refractivity contribution in [2.24, 2.45) is 5.10 Å². The highest BCUT2D eigenvalue weighted by Gasteiger charge is 2.29. The number of anilines is 1. The fraction of sp³-hybridized carbons (Fsp3) is 0.226. The molecule has 0 saturated heterocycles. The standard InChI is InChI=1S/C31H33N5O6S/c1-20-10-15-28(17-29(20)36(38)39)43(40,41)34(26-11-13-27(42-6)14-12-26)19-30(37)33-32-18-25-16-23(4)35(24(25)5)31-21(2)8-7-9-22(31)3/h7-18H,19H2,1-6H3,(H,33,37)/b32-18-. The van der Waals surface area contributed by atoms with Crippen LogP contribution in [0, 0.1) is 44.7 Å². The minimum absolute atomic E-state index is 0.167. The van der Waals surface area contributed by atoms with Gasteiger partial charge in [0.05, 0.1) is 34.5 Å². The zero-order valence-corrected chi connectivity index (χ0v) is 25.6. The lowest BCUT2D eigenvalue weighted by atomic mass is 10.1. The fourth-order valence-electron chi connectivity index (χ4n) is 4.90. The quantitative estimate of drug-likeness (QED) is 0.149. The van der Waals surface area contributed by atoms with Crippen LogP contribution >= 0.6 is 0 Å². The van der Waals surface area contributed by atoms with E-state index in [1.165, 1.54) is 44.5 Å². The predicted molar refractivity (Wildman–Crippen MR) is 166 cm³/mol. The molecular formula is C31H33N5O6S. The monoisotopic (exact) mass is 603 g/mol. The van der Waals surface area contributed by atoms with Gasteiger partial charge in [-0.2, -0.15) is 5.10 Å². The van der Waals surface area contributed by atoms with Crippen LogP contribution in [0.3, 0.4) is 0 Å². The molecule has 0 bridgehead atoms. The summed E-state index contributed by atoms with van der Waals surface area (Å²) in [6.45, 7) is 8.93. The van der Waals surface area contributed by atoms with E-state index < -0.39 is 27.4 Å². The lowest BCUT2D eigenvalue weighted by Gasteiger charge is -2.24. The molecule has 224 valence electrons. The van der Waals surface area contributed by atoms with Gasteiger partial charge in [-0.05, 0) is 82.1 Å². The Morgan fingerprint density at radius 1 is 1.00 bits per heavy atom. The molecule has 12 heteroatoms.